The van der Waals surface area contributed by atoms with E-state index in [4.69, 9.17) is 10.1 Å². The molecule has 4 aromatic rings. The molecule has 0 fully saturated rings. The molecule has 6 nitrogen and oxygen atoms in total. The van der Waals surface area contributed by atoms with Crippen molar-refractivity contribution in [2.24, 2.45) is 10.1 Å². The minimum absolute atomic E-state index is 0.0735. The summed E-state index contributed by atoms with van der Waals surface area (Å²) in [5, 5.41) is 18.1. The van der Waals surface area contributed by atoms with E-state index in [9.17, 15) is 10.1 Å². The summed E-state index contributed by atoms with van der Waals surface area (Å²) in [5.74, 6) is 0. The molecule has 0 saturated heterocycles. The number of nitrogens with zero attached hydrogens (tertiary/aromatic N) is 4. The summed E-state index contributed by atoms with van der Waals surface area (Å²) in [6, 6.07) is 25.3. The standard InChI is InChI=1S/C26H22N4O2S/c31-30(32)22-13-10-21(11-14-22)25-18-33-26(27-17-16-19-6-2-1-3-7-19)29(25)28-24-15-12-20-8-4-5-9-23(20)24/h1-11,13-14,18H,12,15-17H2. The molecule has 1 aliphatic rings. The molecule has 33 heavy (non-hydrogen) atoms. The third kappa shape index (κ3) is 4.54. The molecule has 5 rings (SSSR count). The van der Waals surface area contributed by atoms with Crippen LogP contribution in [-0.2, 0) is 12.8 Å². The van der Waals surface area contributed by atoms with E-state index < -0.39 is 0 Å². The maximum absolute atomic E-state index is 11.1. The van der Waals surface area contributed by atoms with Crippen LogP contribution in [0.15, 0.2) is 94.3 Å². The van der Waals surface area contributed by atoms with E-state index in [0.29, 0.717) is 6.54 Å². The van der Waals surface area contributed by atoms with Crippen LogP contribution in [-0.4, -0.2) is 21.9 Å². The summed E-state index contributed by atoms with van der Waals surface area (Å²) in [5.41, 5.74) is 6.60. The van der Waals surface area contributed by atoms with Gasteiger partial charge >= 0.3 is 0 Å². The number of hydrogen-bond acceptors (Lipinski definition) is 5. The van der Waals surface area contributed by atoms with Crippen molar-refractivity contribution < 1.29 is 4.92 Å². The van der Waals surface area contributed by atoms with E-state index >= 15 is 0 Å². The Morgan fingerprint density at radius 2 is 1.70 bits per heavy atom. The van der Waals surface area contributed by atoms with E-state index in [1.807, 2.05) is 34.3 Å². The Balaban J connectivity index is 1.55. The predicted octanol–water partition coefficient (Wildman–Crippen LogP) is 5.47. The summed E-state index contributed by atoms with van der Waals surface area (Å²) in [7, 11) is 0. The Bertz CT molecular complexity index is 1390. The number of non-ortho nitro benzene ring substituents is 1. The maximum Gasteiger partial charge on any atom is 0.269 e. The van der Waals surface area contributed by atoms with Crippen molar-refractivity contribution in [3.63, 3.8) is 0 Å². The lowest BCUT2D eigenvalue weighted by Crippen LogP contribution is -2.15. The maximum atomic E-state index is 11.1. The van der Waals surface area contributed by atoms with E-state index in [1.165, 1.54) is 40.2 Å². The van der Waals surface area contributed by atoms with Crippen molar-refractivity contribution in [3.05, 3.63) is 116 Å². The molecule has 0 amide bonds. The molecule has 0 bridgehead atoms. The zero-order chi connectivity index (χ0) is 22.6. The van der Waals surface area contributed by atoms with Gasteiger partial charge in [0.1, 0.15) is 0 Å². The van der Waals surface area contributed by atoms with E-state index in [1.54, 1.807) is 12.1 Å². The third-order valence-electron chi connectivity index (χ3n) is 5.73. The summed E-state index contributed by atoms with van der Waals surface area (Å²) < 4.78 is 1.90. The molecular formula is C26H22N4O2S. The second kappa shape index (κ2) is 9.34. The fraction of sp³-hybridized carbons (Fsp3) is 0.154. The molecule has 0 unspecified atom stereocenters. The lowest BCUT2D eigenvalue weighted by atomic mass is 10.1. The fourth-order valence-electron chi connectivity index (χ4n) is 4.01. The number of thiazole rings is 1. The van der Waals surface area contributed by atoms with Gasteiger partial charge in [0.15, 0.2) is 0 Å². The van der Waals surface area contributed by atoms with Crippen LogP contribution in [0.2, 0.25) is 0 Å². The molecule has 1 heterocycles. The first kappa shape index (κ1) is 21.0. The van der Waals surface area contributed by atoms with Gasteiger partial charge in [0.05, 0.1) is 16.3 Å². The SMILES string of the molecule is O=[N+]([O-])c1ccc(-c2csc(=NCCc3ccccc3)n2N=C2CCc3ccccc32)cc1. The van der Waals surface area contributed by atoms with E-state index in [-0.39, 0.29) is 10.6 Å². The molecule has 3 aromatic carbocycles. The number of fused-ring (bicyclic) bond motifs is 1. The first-order valence-corrected chi connectivity index (χ1v) is 11.7. The molecule has 0 spiro atoms. The number of nitro groups is 1. The Kier molecular flexibility index (Phi) is 5.95. The normalized spacial score (nSPS) is 14.5. The van der Waals surface area contributed by atoms with Crippen LogP contribution in [0.4, 0.5) is 5.69 Å². The van der Waals surface area contributed by atoms with Gasteiger partial charge in [0.25, 0.3) is 5.69 Å². The minimum Gasteiger partial charge on any atom is -0.258 e. The monoisotopic (exact) mass is 454 g/mol. The van der Waals surface area contributed by atoms with Crippen molar-refractivity contribution >= 4 is 22.7 Å². The van der Waals surface area contributed by atoms with Gasteiger partial charge in [-0.1, -0.05) is 54.6 Å². The number of benzene rings is 3. The van der Waals surface area contributed by atoms with Gasteiger partial charge in [-0.2, -0.15) is 5.10 Å². The lowest BCUT2D eigenvalue weighted by molar-refractivity contribution is -0.384. The summed E-state index contributed by atoms with van der Waals surface area (Å²) in [6.45, 7) is 0.658. The van der Waals surface area contributed by atoms with Gasteiger partial charge in [0, 0.05) is 35.2 Å². The van der Waals surface area contributed by atoms with Gasteiger partial charge in [-0.25, -0.2) is 4.68 Å². The topological polar surface area (TPSA) is 72.8 Å². The second-order valence-electron chi connectivity index (χ2n) is 7.84. The molecule has 7 heteroatoms. The zero-order valence-electron chi connectivity index (χ0n) is 17.9. The highest BCUT2D eigenvalue weighted by Crippen LogP contribution is 2.26. The largest absolute Gasteiger partial charge is 0.269 e. The number of aryl methyl sites for hydroxylation is 1. The molecule has 164 valence electrons. The van der Waals surface area contributed by atoms with Gasteiger partial charge < -0.3 is 0 Å². The molecule has 0 aliphatic heterocycles. The molecule has 0 atom stereocenters. The highest BCUT2D eigenvalue weighted by atomic mass is 32.1. The van der Waals surface area contributed by atoms with Crippen molar-refractivity contribution in [2.75, 3.05) is 6.54 Å². The van der Waals surface area contributed by atoms with Crippen LogP contribution >= 0.6 is 11.3 Å². The second-order valence-corrected chi connectivity index (χ2v) is 8.68. The number of rotatable bonds is 6. The van der Waals surface area contributed by atoms with Gasteiger partial charge in [0.2, 0.25) is 4.80 Å². The van der Waals surface area contributed by atoms with E-state index in [2.05, 4.69) is 30.3 Å². The van der Waals surface area contributed by atoms with Crippen molar-refractivity contribution in [1.82, 2.24) is 4.68 Å². The van der Waals surface area contributed by atoms with Crippen molar-refractivity contribution in [1.29, 1.82) is 0 Å². The molecule has 0 N–H and O–H groups in total. The van der Waals surface area contributed by atoms with Crippen LogP contribution in [0.3, 0.4) is 0 Å². The van der Waals surface area contributed by atoms with Crippen molar-refractivity contribution in [2.45, 2.75) is 19.3 Å². The summed E-state index contributed by atoms with van der Waals surface area (Å²) in [4.78, 5) is 16.4. The van der Waals surface area contributed by atoms with E-state index in [0.717, 1.165) is 41.0 Å². The smallest absolute Gasteiger partial charge is 0.258 e. The zero-order valence-corrected chi connectivity index (χ0v) is 18.7. The fourth-order valence-corrected chi connectivity index (χ4v) is 4.87. The highest BCUT2D eigenvalue weighted by molar-refractivity contribution is 7.07. The average molecular weight is 455 g/mol. The van der Waals surface area contributed by atoms with Crippen LogP contribution in [0.25, 0.3) is 11.3 Å². The number of hydrogen-bond donors (Lipinski definition) is 0. The van der Waals surface area contributed by atoms with Crippen LogP contribution in [0.1, 0.15) is 23.1 Å². The van der Waals surface area contributed by atoms with Gasteiger partial charge in [-0.05, 0) is 42.5 Å². The quantitative estimate of drug-likeness (QED) is 0.286. The van der Waals surface area contributed by atoms with Crippen molar-refractivity contribution in [3.8, 4) is 11.3 Å². The third-order valence-corrected chi connectivity index (χ3v) is 6.58. The highest BCUT2D eigenvalue weighted by Gasteiger charge is 2.18. The number of nitro benzene ring substituents is 1. The van der Waals surface area contributed by atoms with Gasteiger partial charge in [-0.15, -0.1) is 11.3 Å². The summed E-state index contributed by atoms with van der Waals surface area (Å²) >= 11 is 1.54. The first-order valence-electron chi connectivity index (χ1n) is 10.8. The summed E-state index contributed by atoms with van der Waals surface area (Å²) in [6.07, 6.45) is 2.71. The molecule has 1 aromatic heterocycles. The molecule has 0 saturated carbocycles. The number of aromatic nitrogens is 1. The lowest BCUT2D eigenvalue weighted by Gasteiger charge is -2.06. The molecule has 1 aliphatic carbocycles. The van der Waals surface area contributed by atoms with Crippen LogP contribution in [0, 0.1) is 10.1 Å². The van der Waals surface area contributed by atoms with Crippen LogP contribution in [0.5, 0.6) is 0 Å². The molecule has 0 radical (unpaired) electrons. The Labute approximate surface area is 195 Å². The Morgan fingerprint density at radius 3 is 2.48 bits per heavy atom. The Hall–Kier alpha value is -3.84. The first-order chi connectivity index (χ1) is 16.2. The minimum atomic E-state index is -0.383. The Morgan fingerprint density at radius 1 is 0.939 bits per heavy atom. The molecular weight excluding hydrogens is 432 g/mol. The van der Waals surface area contributed by atoms with Crippen LogP contribution < -0.4 is 4.80 Å². The average Bonchev–Trinajstić information content (AvgIpc) is 3.44. The predicted molar refractivity (Wildman–Crippen MR) is 132 cm³/mol. The van der Waals surface area contributed by atoms with Gasteiger partial charge in [-0.3, -0.25) is 15.1 Å².